The lowest BCUT2D eigenvalue weighted by atomic mass is 9.94. The number of carboxylic acids is 1. The summed E-state index contributed by atoms with van der Waals surface area (Å²) in [5.41, 5.74) is 0.566. The molecule has 1 aromatic heterocycles. The minimum absolute atomic E-state index is 0.0169. The Morgan fingerprint density at radius 3 is 2.56 bits per heavy atom. The quantitative estimate of drug-likeness (QED) is 0.816. The first-order valence-electron chi connectivity index (χ1n) is 8.43. The summed E-state index contributed by atoms with van der Waals surface area (Å²) in [5.74, 6) is -1.27. The molecule has 0 bridgehead atoms. The van der Waals surface area contributed by atoms with Crippen LogP contribution in [0.5, 0.6) is 0 Å². The molecule has 1 aromatic rings. The van der Waals surface area contributed by atoms with Crippen molar-refractivity contribution in [1.82, 2.24) is 5.32 Å². The van der Waals surface area contributed by atoms with Crippen molar-refractivity contribution in [1.29, 1.82) is 0 Å². The number of Topliss-reactive ketones (excluding diaryl/α,β-unsaturated/α-hetero) is 1. The maximum atomic E-state index is 12.4. The summed E-state index contributed by atoms with van der Waals surface area (Å²) in [7, 11) is 0. The molecule has 0 saturated carbocycles. The number of hydrogen-bond donors (Lipinski definition) is 2. The average Bonchev–Trinajstić information content (AvgIpc) is 2.83. The first-order valence-corrected chi connectivity index (χ1v) is 8.43. The SMILES string of the molecule is Cc1c(C(=O)NC(CCOC(C)(C)C)C(=O)O)oc2c1C(=O)CCC2. The van der Waals surface area contributed by atoms with E-state index in [1.54, 1.807) is 6.92 Å². The number of amides is 1. The van der Waals surface area contributed by atoms with Crippen LogP contribution in [-0.4, -0.2) is 41.0 Å². The van der Waals surface area contributed by atoms with Crippen molar-refractivity contribution in [3.05, 3.63) is 22.6 Å². The number of carbonyl (C=O) groups excluding carboxylic acids is 2. The highest BCUT2D eigenvalue weighted by Crippen LogP contribution is 2.29. The molecule has 2 N–H and O–H groups in total. The average molecular weight is 351 g/mol. The fraction of sp³-hybridized carbons (Fsp3) is 0.611. The topological polar surface area (TPSA) is 106 Å². The van der Waals surface area contributed by atoms with Crippen LogP contribution in [0.4, 0.5) is 0 Å². The van der Waals surface area contributed by atoms with E-state index in [-0.39, 0.29) is 30.2 Å². The number of furan rings is 1. The molecular formula is C18H25NO6. The van der Waals surface area contributed by atoms with Gasteiger partial charge in [0, 0.05) is 31.4 Å². The number of carbonyl (C=O) groups is 3. The summed E-state index contributed by atoms with van der Waals surface area (Å²) in [4.78, 5) is 35.8. The number of rotatable bonds is 6. The molecule has 0 spiro atoms. The molecular weight excluding hydrogens is 326 g/mol. The molecule has 1 aliphatic carbocycles. The van der Waals surface area contributed by atoms with Gasteiger partial charge in [-0.2, -0.15) is 0 Å². The molecule has 2 rings (SSSR count). The van der Waals surface area contributed by atoms with Crippen molar-refractivity contribution in [2.75, 3.05) is 6.61 Å². The standard InChI is InChI=1S/C18H25NO6/c1-10-14-12(20)6-5-7-13(14)25-15(10)16(21)19-11(17(22)23)8-9-24-18(2,3)4/h11H,5-9H2,1-4H3,(H,19,21)(H,22,23). The normalized spacial score (nSPS) is 15.6. The van der Waals surface area contributed by atoms with Crippen LogP contribution < -0.4 is 5.32 Å². The second-order valence-electron chi connectivity index (χ2n) is 7.24. The highest BCUT2D eigenvalue weighted by atomic mass is 16.5. The molecule has 1 heterocycles. The van der Waals surface area contributed by atoms with Crippen molar-refractivity contribution in [2.45, 2.75) is 65.0 Å². The van der Waals surface area contributed by atoms with Crippen molar-refractivity contribution in [3.63, 3.8) is 0 Å². The predicted octanol–water partition coefficient (Wildman–Crippen LogP) is 2.50. The van der Waals surface area contributed by atoms with E-state index in [0.29, 0.717) is 36.1 Å². The smallest absolute Gasteiger partial charge is 0.326 e. The molecule has 7 heteroatoms. The van der Waals surface area contributed by atoms with Crippen molar-refractivity contribution >= 4 is 17.7 Å². The van der Waals surface area contributed by atoms with Gasteiger partial charge in [0.15, 0.2) is 11.5 Å². The highest BCUT2D eigenvalue weighted by molar-refractivity contribution is 6.03. The fourth-order valence-electron chi connectivity index (χ4n) is 2.83. The van der Waals surface area contributed by atoms with Crippen molar-refractivity contribution in [2.24, 2.45) is 0 Å². The van der Waals surface area contributed by atoms with Crippen LogP contribution in [0.3, 0.4) is 0 Å². The van der Waals surface area contributed by atoms with Crippen LogP contribution in [0.1, 0.15) is 72.3 Å². The molecule has 0 saturated heterocycles. The maximum Gasteiger partial charge on any atom is 0.326 e. The molecule has 1 unspecified atom stereocenters. The summed E-state index contributed by atoms with van der Waals surface area (Å²) >= 11 is 0. The van der Waals surface area contributed by atoms with Gasteiger partial charge in [-0.15, -0.1) is 0 Å². The Kier molecular flexibility index (Phi) is 5.67. The van der Waals surface area contributed by atoms with Crippen LogP contribution in [0.25, 0.3) is 0 Å². The molecule has 0 aromatic carbocycles. The minimum atomic E-state index is -1.14. The molecule has 0 fully saturated rings. The molecule has 0 aliphatic heterocycles. The van der Waals surface area contributed by atoms with Gasteiger partial charge in [-0.05, 0) is 34.1 Å². The van der Waals surface area contributed by atoms with Crippen LogP contribution in [0.2, 0.25) is 0 Å². The lowest BCUT2D eigenvalue weighted by Crippen LogP contribution is -2.42. The molecule has 1 aliphatic rings. The van der Waals surface area contributed by atoms with Gasteiger partial charge in [-0.25, -0.2) is 4.79 Å². The van der Waals surface area contributed by atoms with E-state index in [4.69, 9.17) is 9.15 Å². The minimum Gasteiger partial charge on any atom is -0.480 e. The van der Waals surface area contributed by atoms with Crippen LogP contribution in [0, 0.1) is 6.92 Å². The highest BCUT2D eigenvalue weighted by Gasteiger charge is 2.30. The van der Waals surface area contributed by atoms with Gasteiger partial charge in [0.2, 0.25) is 0 Å². The van der Waals surface area contributed by atoms with Crippen LogP contribution in [-0.2, 0) is 16.0 Å². The van der Waals surface area contributed by atoms with E-state index in [2.05, 4.69) is 5.32 Å². The van der Waals surface area contributed by atoms with E-state index >= 15 is 0 Å². The second-order valence-corrected chi connectivity index (χ2v) is 7.24. The number of nitrogens with one attached hydrogen (secondary N) is 1. The Morgan fingerprint density at radius 2 is 2.00 bits per heavy atom. The van der Waals surface area contributed by atoms with E-state index in [0.717, 1.165) is 0 Å². The zero-order valence-corrected chi connectivity index (χ0v) is 15.1. The fourth-order valence-corrected chi connectivity index (χ4v) is 2.83. The van der Waals surface area contributed by atoms with Crippen LogP contribution in [0.15, 0.2) is 4.42 Å². The summed E-state index contributed by atoms with van der Waals surface area (Å²) in [6.07, 6.45) is 1.88. The Bertz CT molecular complexity index is 682. The lowest BCUT2D eigenvalue weighted by molar-refractivity contribution is -0.140. The summed E-state index contributed by atoms with van der Waals surface area (Å²) < 4.78 is 11.1. The Morgan fingerprint density at radius 1 is 1.32 bits per heavy atom. The van der Waals surface area contributed by atoms with E-state index in [1.807, 2.05) is 20.8 Å². The third-order valence-corrected chi connectivity index (χ3v) is 4.06. The maximum absolute atomic E-state index is 12.4. The molecule has 0 radical (unpaired) electrons. The number of aliphatic carboxylic acids is 1. The zero-order chi connectivity index (χ0) is 18.8. The van der Waals surface area contributed by atoms with Gasteiger partial charge < -0.3 is 19.6 Å². The van der Waals surface area contributed by atoms with Crippen molar-refractivity contribution < 1.29 is 28.6 Å². The molecule has 1 atom stereocenters. The number of ketones is 1. The lowest BCUT2D eigenvalue weighted by Gasteiger charge is -2.21. The van der Waals surface area contributed by atoms with Gasteiger partial charge in [-0.1, -0.05) is 0 Å². The van der Waals surface area contributed by atoms with Gasteiger partial charge in [0.05, 0.1) is 11.2 Å². The summed E-state index contributed by atoms with van der Waals surface area (Å²) in [6, 6.07) is -1.09. The monoisotopic (exact) mass is 351 g/mol. The van der Waals surface area contributed by atoms with E-state index in [1.165, 1.54) is 0 Å². The largest absolute Gasteiger partial charge is 0.480 e. The number of hydrogen-bond acceptors (Lipinski definition) is 5. The first kappa shape index (κ1) is 19.2. The Labute approximate surface area is 146 Å². The Balaban J connectivity index is 2.09. The zero-order valence-electron chi connectivity index (χ0n) is 15.1. The third kappa shape index (κ3) is 4.69. The van der Waals surface area contributed by atoms with Crippen molar-refractivity contribution in [3.8, 4) is 0 Å². The Hall–Kier alpha value is -2.15. The van der Waals surface area contributed by atoms with Crippen LogP contribution >= 0.6 is 0 Å². The number of ether oxygens (including phenoxy) is 1. The van der Waals surface area contributed by atoms with Gasteiger partial charge in [-0.3, -0.25) is 9.59 Å². The van der Waals surface area contributed by atoms with Gasteiger partial charge in [0.25, 0.3) is 5.91 Å². The first-order chi connectivity index (χ1) is 11.6. The summed E-state index contributed by atoms with van der Waals surface area (Å²) in [6.45, 7) is 7.46. The number of carboxylic acid groups (broad SMARTS) is 1. The van der Waals surface area contributed by atoms with Gasteiger partial charge in [0.1, 0.15) is 11.8 Å². The molecule has 138 valence electrons. The van der Waals surface area contributed by atoms with Gasteiger partial charge >= 0.3 is 5.97 Å². The molecule has 1 amide bonds. The van der Waals surface area contributed by atoms with E-state index < -0.39 is 17.9 Å². The van der Waals surface area contributed by atoms with E-state index in [9.17, 15) is 19.5 Å². The molecule has 25 heavy (non-hydrogen) atoms. The second kappa shape index (κ2) is 7.39. The predicted molar refractivity (Wildman–Crippen MR) is 89.9 cm³/mol. The summed E-state index contributed by atoms with van der Waals surface area (Å²) in [5, 5.41) is 11.8. The molecule has 7 nitrogen and oxygen atoms in total. The number of fused-ring (bicyclic) bond motifs is 1. The third-order valence-electron chi connectivity index (χ3n) is 4.06. The number of aryl methyl sites for hydroxylation is 1.